The fourth-order valence-electron chi connectivity index (χ4n) is 4.35. The number of rotatable bonds is 7. The molecule has 37 heavy (non-hydrogen) atoms. The van der Waals surface area contributed by atoms with Crippen molar-refractivity contribution in [1.29, 1.82) is 0 Å². The van der Waals surface area contributed by atoms with Crippen LogP contribution in [0.2, 0.25) is 5.02 Å². The Bertz CT molecular complexity index is 1430. The Balaban J connectivity index is 1.40. The van der Waals surface area contributed by atoms with Crippen molar-refractivity contribution in [1.82, 2.24) is 15.2 Å². The van der Waals surface area contributed by atoms with Gasteiger partial charge in [-0.1, -0.05) is 29.8 Å². The van der Waals surface area contributed by atoms with Crippen LogP contribution in [0.4, 0.5) is 10.1 Å². The maximum Gasteiger partial charge on any atom is 0.226 e. The van der Waals surface area contributed by atoms with Gasteiger partial charge < -0.3 is 20.0 Å². The first-order valence-electron chi connectivity index (χ1n) is 11.8. The summed E-state index contributed by atoms with van der Waals surface area (Å²) in [6.07, 6.45) is 1.91. The van der Waals surface area contributed by atoms with Crippen LogP contribution in [0.1, 0.15) is 35.5 Å². The molecule has 2 atom stereocenters. The Hall–Kier alpha value is -3.75. The number of amides is 1. The third-order valence-electron chi connectivity index (χ3n) is 6.28. The van der Waals surface area contributed by atoms with Gasteiger partial charge in [-0.25, -0.2) is 4.39 Å². The number of halogens is 2. The summed E-state index contributed by atoms with van der Waals surface area (Å²) < 4.78 is 19.5. The van der Waals surface area contributed by atoms with Gasteiger partial charge in [-0.3, -0.25) is 9.78 Å². The van der Waals surface area contributed by atoms with E-state index in [1.165, 1.54) is 24.3 Å². The summed E-state index contributed by atoms with van der Waals surface area (Å²) in [4.78, 5) is 19.1. The Morgan fingerprint density at radius 1 is 1.16 bits per heavy atom. The highest BCUT2D eigenvalue weighted by molar-refractivity contribution is 7.80. The summed E-state index contributed by atoms with van der Waals surface area (Å²) in [6.45, 7) is 2.30. The predicted octanol–water partition coefficient (Wildman–Crippen LogP) is 6.44. The first-order valence-corrected chi connectivity index (χ1v) is 12.6. The molecule has 0 saturated carbocycles. The highest BCUT2D eigenvalue weighted by Gasteiger charge is 2.41. The molecule has 1 aliphatic rings. The van der Waals surface area contributed by atoms with Crippen molar-refractivity contribution >= 4 is 40.5 Å². The summed E-state index contributed by atoms with van der Waals surface area (Å²) in [5.41, 5.74) is 3.20. The van der Waals surface area contributed by atoms with Gasteiger partial charge in [0.1, 0.15) is 23.4 Å². The normalized spacial score (nSPS) is 17.1. The molecule has 0 unspecified atom stereocenters. The molecule has 1 amide bonds. The van der Waals surface area contributed by atoms with Crippen LogP contribution < -0.4 is 10.6 Å². The number of pyridine rings is 1. The maximum absolute atomic E-state index is 13.2. The van der Waals surface area contributed by atoms with E-state index in [9.17, 15) is 9.18 Å². The molecule has 1 fully saturated rings. The highest BCUT2D eigenvalue weighted by Crippen LogP contribution is 2.40. The SMILES string of the molecule is Cc1ccc(-c2ccc([C@@H]3[C@H](c4ccccn4)NC(=S)N3CCC(=O)Nc3ccc(F)cc3)o2)cc1Cl. The number of aryl methyl sites for hydroxylation is 1. The van der Waals surface area contributed by atoms with E-state index in [0.717, 1.165) is 16.8 Å². The van der Waals surface area contributed by atoms with Gasteiger partial charge in [-0.15, -0.1) is 0 Å². The van der Waals surface area contributed by atoms with Gasteiger partial charge in [0.2, 0.25) is 5.91 Å². The second kappa shape index (κ2) is 10.7. The molecule has 0 radical (unpaired) electrons. The van der Waals surface area contributed by atoms with Crippen LogP contribution in [0.15, 0.2) is 83.4 Å². The Morgan fingerprint density at radius 3 is 2.70 bits per heavy atom. The van der Waals surface area contributed by atoms with E-state index in [2.05, 4.69) is 15.6 Å². The average Bonchev–Trinajstić information content (AvgIpc) is 3.51. The van der Waals surface area contributed by atoms with E-state index in [4.69, 9.17) is 28.2 Å². The van der Waals surface area contributed by atoms with Gasteiger partial charge in [-0.2, -0.15) is 0 Å². The molecule has 9 heteroatoms. The summed E-state index contributed by atoms with van der Waals surface area (Å²) in [7, 11) is 0. The van der Waals surface area contributed by atoms with Crippen LogP contribution >= 0.6 is 23.8 Å². The van der Waals surface area contributed by atoms with Crippen LogP contribution in [0.25, 0.3) is 11.3 Å². The van der Waals surface area contributed by atoms with E-state index in [-0.39, 0.29) is 30.2 Å². The molecule has 4 aromatic rings. The van der Waals surface area contributed by atoms with E-state index >= 15 is 0 Å². The van der Waals surface area contributed by atoms with E-state index in [1.807, 2.05) is 60.4 Å². The van der Waals surface area contributed by atoms with Crippen molar-refractivity contribution in [3.8, 4) is 11.3 Å². The number of carbonyl (C=O) groups excluding carboxylic acids is 1. The van der Waals surface area contributed by atoms with Gasteiger partial charge in [0.15, 0.2) is 5.11 Å². The number of nitrogens with one attached hydrogen (secondary N) is 2. The molecule has 2 aromatic carbocycles. The minimum absolute atomic E-state index is 0.172. The van der Waals surface area contributed by atoms with Crippen molar-refractivity contribution in [3.63, 3.8) is 0 Å². The van der Waals surface area contributed by atoms with Crippen molar-refractivity contribution in [2.75, 3.05) is 11.9 Å². The molecule has 2 N–H and O–H groups in total. The summed E-state index contributed by atoms with van der Waals surface area (Å²) in [5.74, 6) is 0.807. The second-order valence-corrected chi connectivity index (χ2v) is 9.58. The minimum Gasteiger partial charge on any atom is -0.459 e. The zero-order valence-electron chi connectivity index (χ0n) is 19.9. The molecule has 188 valence electrons. The molecule has 2 aromatic heterocycles. The zero-order valence-corrected chi connectivity index (χ0v) is 21.5. The average molecular weight is 535 g/mol. The van der Waals surface area contributed by atoms with Crippen LogP contribution in [-0.4, -0.2) is 27.4 Å². The van der Waals surface area contributed by atoms with E-state index in [0.29, 0.717) is 33.9 Å². The number of furan rings is 1. The van der Waals surface area contributed by atoms with Crippen LogP contribution in [0.5, 0.6) is 0 Å². The summed E-state index contributed by atoms with van der Waals surface area (Å²) in [5, 5.41) is 7.32. The van der Waals surface area contributed by atoms with E-state index in [1.54, 1.807) is 6.20 Å². The van der Waals surface area contributed by atoms with Crippen LogP contribution in [-0.2, 0) is 4.79 Å². The molecule has 3 heterocycles. The Labute approximate surface area is 224 Å². The third kappa shape index (κ3) is 5.50. The molecule has 1 saturated heterocycles. The summed E-state index contributed by atoms with van der Waals surface area (Å²) >= 11 is 12.0. The lowest BCUT2D eigenvalue weighted by molar-refractivity contribution is -0.116. The number of carbonyl (C=O) groups is 1. The van der Waals surface area contributed by atoms with Crippen molar-refractivity contribution < 1.29 is 13.6 Å². The largest absolute Gasteiger partial charge is 0.459 e. The smallest absolute Gasteiger partial charge is 0.226 e. The number of benzene rings is 2. The highest BCUT2D eigenvalue weighted by atomic mass is 35.5. The first-order chi connectivity index (χ1) is 17.9. The fraction of sp³-hybridized carbons (Fsp3) is 0.179. The number of hydrogen-bond acceptors (Lipinski definition) is 4. The fourth-order valence-corrected chi connectivity index (χ4v) is 4.86. The second-order valence-electron chi connectivity index (χ2n) is 8.79. The quantitative estimate of drug-likeness (QED) is 0.266. The van der Waals surface area contributed by atoms with Gasteiger partial charge >= 0.3 is 0 Å². The van der Waals surface area contributed by atoms with Gasteiger partial charge in [0, 0.05) is 35.4 Å². The van der Waals surface area contributed by atoms with Gasteiger partial charge in [-0.05, 0) is 79.3 Å². The lowest BCUT2D eigenvalue weighted by Gasteiger charge is -2.25. The molecule has 6 nitrogen and oxygen atoms in total. The predicted molar refractivity (Wildman–Crippen MR) is 146 cm³/mol. The maximum atomic E-state index is 13.2. The molecule has 0 spiro atoms. The van der Waals surface area contributed by atoms with Crippen molar-refractivity contribution in [2.24, 2.45) is 0 Å². The third-order valence-corrected chi connectivity index (χ3v) is 7.04. The number of aromatic nitrogens is 1. The van der Waals surface area contributed by atoms with Gasteiger partial charge in [0.05, 0.1) is 11.7 Å². The van der Waals surface area contributed by atoms with Crippen molar-refractivity contribution in [2.45, 2.75) is 25.4 Å². The van der Waals surface area contributed by atoms with Gasteiger partial charge in [0.25, 0.3) is 0 Å². The number of nitrogens with zero attached hydrogens (tertiary/aromatic N) is 2. The lowest BCUT2D eigenvalue weighted by atomic mass is 10.0. The molecular formula is C28H24ClFN4O2S. The van der Waals surface area contributed by atoms with Crippen LogP contribution in [0, 0.1) is 12.7 Å². The molecule has 0 bridgehead atoms. The van der Waals surface area contributed by atoms with Crippen LogP contribution in [0.3, 0.4) is 0 Å². The molecule has 1 aliphatic heterocycles. The number of hydrogen-bond donors (Lipinski definition) is 2. The topological polar surface area (TPSA) is 70.4 Å². The molecule has 5 rings (SSSR count). The van der Waals surface area contributed by atoms with E-state index < -0.39 is 0 Å². The number of thiocarbonyl (C=S) groups is 1. The zero-order chi connectivity index (χ0) is 25.9. The summed E-state index contributed by atoms with van der Waals surface area (Å²) in [6, 6.07) is 20.4. The first kappa shape index (κ1) is 24.9. The van der Waals surface area contributed by atoms with Crippen molar-refractivity contribution in [3.05, 3.63) is 107 Å². The monoisotopic (exact) mass is 534 g/mol. The Kier molecular flexibility index (Phi) is 7.21. The molecular weight excluding hydrogens is 511 g/mol. The minimum atomic E-state index is -0.361. The lowest BCUT2D eigenvalue weighted by Crippen LogP contribution is -2.32. The number of anilines is 1. The standard InChI is InChI=1S/C28H24ClFN4O2S/c1-17-5-6-18(16-21(17)29)23-11-12-24(36-23)27-26(22-4-2-3-14-31-22)33-28(37)34(27)15-13-25(35)32-20-9-7-19(30)8-10-20/h2-12,14,16,26-27H,13,15H2,1H3,(H,32,35)(H,33,37)/t26-,27+/m0/s1. The Morgan fingerprint density at radius 2 is 1.97 bits per heavy atom. The molecule has 0 aliphatic carbocycles.